The van der Waals surface area contributed by atoms with Crippen LogP contribution in [-0.2, 0) is 9.84 Å². The Labute approximate surface area is 130 Å². The molecular formula is C16H21NO4S. The zero-order chi connectivity index (χ0) is 16.3. The molecule has 1 heterocycles. The van der Waals surface area contributed by atoms with Gasteiger partial charge in [-0.15, -0.1) is 0 Å². The van der Waals surface area contributed by atoms with Crippen LogP contribution in [-0.4, -0.2) is 32.4 Å². The Balaban J connectivity index is 1.96. The first-order valence-corrected chi connectivity index (χ1v) is 9.08. The van der Waals surface area contributed by atoms with Crippen molar-refractivity contribution in [2.75, 3.05) is 18.1 Å². The van der Waals surface area contributed by atoms with Crippen molar-refractivity contribution in [2.45, 2.75) is 20.8 Å². The number of benzene rings is 1. The van der Waals surface area contributed by atoms with Crippen molar-refractivity contribution >= 4 is 26.7 Å². The van der Waals surface area contributed by atoms with Crippen LogP contribution in [0.5, 0.6) is 0 Å². The van der Waals surface area contributed by atoms with E-state index in [0.717, 1.165) is 16.7 Å². The fourth-order valence-electron chi connectivity index (χ4n) is 2.33. The van der Waals surface area contributed by atoms with E-state index in [1.54, 1.807) is 18.2 Å². The molecule has 6 heteroatoms. The number of sulfone groups is 1. The molecule has 0 saturated carbocycles. The molecule has 0 unspecified atom stereocenters. The van der Waals surface area contributed by atoms with Gasteiger partial charge in [0.2, 0.25) is 0 Å². The van der Waals surface area contributed by atoms with Crippen LogP contribution in [0.3, 0.4) is 0 Å². The number of aryl methyl sites for hydroxylation is 1. The van der Waals surface area contributed by atoms with E-state index < -0.39 is 9.84 Å². The first kappa shape index (κ1) is 16.5. The van der Waals surface area contributed by atoms with Gasteiger partial charge in [-0.2, -0.15) is 0 Å². The standard InChI is InChI=1S/C16H21NO4S/c1-11(2)10-22(19,20)7-6-17-16(18)13-4-5-15-14(9-13)8-12(3)21-15/h4-5,8-9,11H,6-7,10H2,1-3H3,(H,17,18). The van der Waals surface area contributed by atoms with Crippen LogP contribution in [0.2, 0.25) is 0 Å². The maximum absolute atomic E-state index is 12.1. The van der Waals surface area contributed by atoms with Gasteiger partial charge in [0.1, 0.15) is 11.3 Å². The molecule has 1 amide bonds. The lowest BCUT2D eigenvalue weighted by Crippen LogP contribution is -2.30. The van der Waals surface area contributed by atoms with Gasteiger partial charge >= 0.3 is 0 Å². The molecule has 2 rings (SSSR count). The summed E-state index contributed by atoms with van der Waals surface area (Å²) in [5.74, 6) is 0.702. The highest BCUT2D eigenvalue weighted by Gasteiger charge is 2.14. The van der Waals surface area contributed by atoms with E-state index in [-0.39, 0.29) is 29.9 Å². The number of furan rings is 1. The van der Waals surface area contributed by atoms with E-state index in [9.17, 15) is 13.2 Å². The molecule has 120 valence electrons. The predicted molar refractivity (Wildman–Crippen MR) is 86.8 cm³/mol. The number of carbonyl (C=O) groups excluding carboxylic acids is 1. The second kappa shape index (κ2) is 6.52. The van der Waals surface area contributed by atoms with Crippen LogP contribution in [0.25, 0.3) is 11.0 Å². The van der Waals surface area contributed by atoms with Crippen LogP contribution in [0.1, 0.15) is 30.0 Å². The summed E-state index contributed by atoms with van der Waals surface area (Å²) < 4.78 is 29.0. The van der Waals surface area contributed by atoms with Crippen LogP contribution in [0.4, 0.5) is 0 Å². The molecule has 0 bridgehead atoms. The number of amides is 1. The minimum atomic E-state index is -3.12. The minimum Gasteiger partial charge on any atom is -0.461 e. The summed E-state index contributed by atoms with van der Waals surface area (Å²) in [7, 11) is -3.12. The summed E-state index contributed by atoms with van der Waals surface area (Å²) in [6.45, 7) is 5.69. The van der Waals surface area contributed by atoms with E-state index in [0.29, 0.717) is 5.56 Å². The summed E-state index contributed by atoms with van der Waals surface area (Å²) >= 11 is 0. The van der Waals surface area contributed by atoms with Crippen LogP contribution in [0.15, 0.2) is 28.7 Å². The number of fused-ring (bicyclic) bond motifs is 1. The second-order valence-electron chi connectivity index (χ2n) is 5.87. The van der Waals surface area contributed by atoms with Gasteiger partial charge in [-0.05, 0) is 37.1 Å². The van der Waals surface area contributed by atoms with E-state index in [1.165, 1.54) is 0 Å². The van der Waals surface area contributed by atoms with Crippen molar-refractivity contribution in [3.63, 3.8) is 0 Å². The van der Waals surface area contributed by atoms with Crippen molar-refractivity contribution in [1.82, 2.24) is 5.32 Å². The highest BCUT2D eigenvalue weighted by atomic mass is 32.2. The lowest BCUT2D eigenvalue weighted by Gasteiger charge is -2.08. The molecule has 0 saturated heterocycles. The SMILES string of the molecule is Cc1cc2cc(C(=O)NCCS(=O)(=O)CC(C)C)ccc2o1. The Morgan fingerprint density at radius 1 is 1.27 bits per heavy atom. The average Bonchev–Trinajstić information content (AvgIpc) is 2.75. The second-order valence-corrected chi connectivity index (χ2v) is 8.10. The minimum absolute atomic E-state index is 0.0377. The Bertz CT molecular complexity index is 775. The molecule has 0 aliphatic carbocycles. The summed E-state index contributed by atoms with van der Waals surface area (Å²) in [6.07, 6.45) is 0. The van der Waals surface area contributed by atoms with Crippen LogP contribution < -0.4 is 5.32 Å². The first-order chi connectivity index (χ1) is 10.3. The molecule has 0 radical (unpaired) electrons. The molecule has 2 aromatic rings. The third-order valence-corrected chi connectivity index (χ3v) is 5.19. The number of nitrogens with one attached hydrogen (secondary N) is 1. The summed E-state index contributed by atoms with van der Waals surface area (Å²) in [5.41, 5.74) is 1.23. The fourth-order valence-corrected chi connectivity index (χ4v) is 3.93. The van der Waals surface area contributed by atoms with E-state index >= 15 is 0 Å². The van der Waals surface area contributed by atoms with E-state index in [2.05, 4.69) is 5.32 Å². The topological polar surface area (TPSA) is 76.4 Å². The Hall–Kier alpha value is -1.82. The molecule has 0 aliphatic rings. The van der Waals surface area contributed by atoms with Gasteiger partial charge in [-0.25, -0.2) is 8.42 Å². The maximum atomic E-state index is 12.1. The van der Waals surface area contributed by atoms with E-state index in [1.807, 2.05) is 26.8 Å². The maximum Gasteiger partial charge on any atom is 0.251 e. The molecule has 0 spiro atoms. The van der Waals surface area contributed by atoms with Gasteiger partial charge in [-0.3, -0.25) is 4.79 Å². The first-order valence-electron chi connectivity index (χ1n) is 7.25. The van der Waals surface area contributed by atoms with Crippen LogP contribution in [0, 0.1) is 12.8 Å². The van der Waals surface area contributed by atoms with Gasteiger partial charge in [0.15, 0.2) is 9.84 Å². The Kier molecular flexibility index (Phi) is 4.90. The van der Waals surface area contributed by atoms with Crippen molar-refractivity contribution in [3.8, 4) is 0 Å². The van der Waals surface area contributed by atoms with Crippen LogP contribution >= 0.6 is 0 Å². The van der Waals surface area contributed by atoms with Crippen molar-refractivity contribution in [3.05, 3.63) is 35.6 Å². The lowest BCUT2D eigenvalue weighted by molar-refractivity contribution is 0.0956. The number of hydrogen-bond acceptors (Lipinski definition) is 4. The zero-order valence-electron chi connectivity index (χ0n) is 13.0. The molecule has 0 atom stereocenters. The van der Waals surface area contributed by atoms with Gasteiger partial charge in [0.25, 0.3) is 5.91 Å². The van der Waals surface area contributed by atoms with Gasteiger partial charge in [0.05, 0.1) is 11.5 Å². The highest BCUT2D eigenvalue weighted by molar-refractivity contribution is 7.91. The molecular weight excluding hydrogens is 302 g/mol. The van der Waals surface area contributed by atoms with E-state index in [4.69, 9.17) is 4.42 Å². The Morgan fingerprint density at radius 3 is 2.68 bits per heavy atom. The smallest absolute Gasteiger partial charge is 0.251 e. The third kappa shape index (κ3) is 4.34. The van der Waals surface area contributed by atoms with Gasteiger partial charge < -0.3 is 9.73 Å². The average molecular weight is 323 g/mol. The fraction of sp³-hybridized carbons (Fsp3) is 0.438. The molecule has 0 aliphatic heterocycles. The normalized spacial score (nSPS) is 12.0. The van der Waals surface area contributed by atoms with Gasteiger partial charge in [0, 0.05) is 17.5 Å². The van der Waals surface area contributed by atoms with Crippen molar-refractivity contribution < 1.29 is 17.6 Å². The predicted octanol–water partition coefficient (Wildman–Crippen LogP) is 2.54. The molecule has 22 heavy (non-hydrogen) atoms. The number of hydrogen-bond donors (Lipinski definition) is 1. The van der Waals surface area contributed by atoms with Gasteiger partial charge in [-0.1, -0.05) is 13.8 Å². The largest absolute Gasteiger partial charge is 0.461 e. The highest BCUT2D eigenvalue weighted by Crippen LogP contribution is 2.20. The quantitative estimate of drug-likeness (QED) is 0.886. The Morgan fingerprint density at radius 2 is 2.00 bits per heavy atom. The third-order valence-electron chi connectivity index (χ3n) is 3.19. The summed E-state index contributed by atoms with van der Waals surface area (Å²) in [6, 6.07) is 7.01. The summed E-state index contributed by atoms with van der Waals surface area (Å²) in [5, 5.41) is 3.51. The van der Waals surface area contributed by atoms with Crippen molar-refractivity contribution in [1.29, 1.82) is 0 Å². The zero-order valence-corrected chi connectivity index (χ0v) is 13.9. The molecule has 0 fully saturated rings. The number of rotatable bonds is 6. The molecule has 1 aromatic heterocycles. The number of carbonyl (C=O) groups is 1. The molecule has 1 N–H and O–H groups in total. The molecule has 1 aromatic carbocycles. The summed E-state index contributed by atoms with van der Waals surface area (Å²) in [4.78, 5) is 12.1. The monoisotopic (exact) mass is 323 g/mol. The van der Waals surface area contributed by atoms with Crippen molar-refractivity contribution in [2.24, 2.45) is 5.92 Å². The molecule has 5 nitrogen and oxygen atoms in total. The lowest BCUT2D eigenvalue weighted by atomic mass is 10.1.